The summed E-state index contributed by atoms with van der Waals surface area (Å²) in [7, 11) is 0. The van der Waals surface area contributed by atoms with E-state index in [1.165, 1.54) is 0 Å². The number of carboxylic acid groups (broad SMARTS) is 1. The fourth-order valence-electron chi connectivity index (χ4n) is 3.17. The van der Waals surface area contributed by atoms with Crippen molar-refractivity contribution in [3.05, 3.63) is 35.4 Å². The lowest BCUT2D eigenvalue weighted by Gasteiger charge is -2.31. The van der Waals surface area contributed by atoms with Gasteiger partial charge in [-0.2, -0.15) is 13.2 Å². The largest absolute Gasteiger partial charge is 0.480 e. The third-order valence-electron chi connectivity index (χ3n) is 4.76. The molecule has 1 heterocycles. The molecule has 4 nitrogen and oxygen atoms in total. The Labute approximate surface area is 132 Å². The molecule has 0 amide bonds. The third-order valence-corrected chi connectivity index (χ3v) is 4.76. The van der Waals surface area contributed by atoms with Crippen molar-refractivity contribution in [2.75, 3.05) is 19.6 Å². The normalized spacial score (nSPS) is 24.4. The number of nitrogens with zero attached hydrogens (tertiary/aromatic N) is 1. The lowest BCUT2D eigenvalue weighted by Crippen LogP contribution is -2.53. The maximum Gasteiger partial charge on any atom is 0.398 e. The minimum atomic E-state index is -4.19. The van der Waals surface area contributed by atoms with Gasteiger partial charge in [-0.3, -0.25) is 9.69 Å². The molecule has 0 spiro atoms. The van der Waals surface area contributed by atoms with E-state index in [1.54, 1.807) is 24.3 Å². The molecule has 1 aliphatic heterocycles. The molecule has 1 aliphatic carbocycles. The topological polar surface area (TPSA) is 52.6 Å². The van der Waals surface area contributed by atoms with Crippen molar-refractivity contribution in [3.63, 3.8) is 0 Å². The summed E-state index contributed by atoms with van der Waals surface area (Å²) in [5, 5.41) is 12.0. The van der Waals surface area contributed by atoms with Gasteiger partial charge in [0.2, 0.25) is 0 Å². The molecule has 1 aromatic rings. The standard InChI is InChI=1S/C16H19F3N2O2/c17-16(18,19)15(5-6-15)12-3-1-11(2-4-12)9-21-8-7-20-13(10-21)14(22)23/h1-4,13,20H,5-10H2,(H,22,23)/t13-/m0/s1. The van der Waals surface area contributed by atoms with Crippen molar-refractivity contribution in [1.82, 2.24) is 10.2 Å². The van der Waals surface area contributed by atoms with Crippen molar-refractivity contribution in [1.29, 1.82) is 0 Å². The van der Waals surface area contributed by atoms with E-state index in [2.05, 4.69) is 5.32 Å². The van der Waals surface area contributed by atoms with Crippen LogP contribution in [0.2, 0.25) is 0 Å². The predicted octanol–water partition coefficient (Wildman–Crippen LogP) is 2.14. The number of hydrogen-bond donors (Lipinski definition) is 2. The van der Waals surface area contributed by atoms with Crippen LogP contribution < -0.4 is 5.32 Å². The number of nitrogens with one attached hydrogen (secondary N) is 1. The average molecular weight is 328 g/mol. The first-order valence-electron chi connectivity index (χ1n) is 7.66. The van der Waals surface area contributed by atoms with Crippen LogP contribution in [0.25, 0.3) is 0 Å². The number of alkyl halides is 3. The first-order valence-corrected chi connectivity index (χ1v) is 7.66. The lowest BCUT2D eigenvalue weighted by atomic mass is 9.94. The number of carboxylic acids is 1. The minimum Gasteiger partial charge on any atom is -0.480 e. The molecule has 2 aliphatic rings. The number of hydrogen-bond acceptors (Lipinski definition) is 3. The quantitative estimate of drug-likeness (QED) is 0.889. The Morgan fingerprint density at radius 1 is 1.30 bits per heavy atom. The number of piperazine rings is 1. The second-order valence-corrected chi connectivity index (χ2v) is 6.36. The summed E-state index contributed by atoms with van der Waals surface area (Å²) in [5.41, 5.74) is -0.412. The van der Waals surface area contributed by atoms with Crippen LogP contribution in [-0.2, 0) is 16.8 Å². The fourth-order valence-corrected chi connectivity index (χ4v) is 3.17. The number of benzene rings is 1. The summed E-state index contributed by atoms with van der Waals surface area (Å²) >= 11 is 0. The zero-order valence-electron chi connectivity index (χ0n) is 12.6. The van der Waals surface area contributed by atoms with E-state index in [0.29, 0.717) is 25.2 Å². The maximum absolute atomic E-state index is 13.1. The molecule has 3 rings (SSSR count). The molecular weight excluding hydrogens is 309 g/mol. The van der Waals surface area contributed by atoms with Crippen LogP contribution in [0, 0.1) is 0 Å². The third kappa shape index (κ3) is 3.21. The molecule has 0 unspecified atom stereocenters. The summed E-state index contributed by atoms with van der Waals surface area (Å²) in [6, 6.07) is 5.97. The van der Waals surface area contributed by atoms with Crippen molar-refractivity contribution < 1.29 is 23.1 Å². The minimum absolute atomic E-state index is 0.161. The van der Waals surface area contributed by atoms with Crippen LogP contribution in [0.15, 0.2) is 24.3 Å². The summed E-state index contributed by atoms with van der Waals surface area (Å²) in [4.78, 5) is 13.0. The highest BCUT2D eigenvalue weighted by atomic mass is 19.4. The van der Waals surface area contributed by atoms with E-state index < -0.39 is 23.6 Å². The number of carbonyl (C=O) groups is 1. The Morgan fingerprint density at radius 3 is 2.48 bits per heavy atom. The van der Waals surface area contributed by atoms with Crippen molar-refractivity contribution in [3.8, 4) is 0 Å². The molecule has 1 saturated heterocycles. The Hall–Kier alpha value is -1.60. The Kier molecular flexibility index (Phi) is 4.10. The molecule has 1 atom stereocenters. The van der Waals surface area contributed by atoms with Crippen LogP contribution in [0.3, 0.4) is 0 Å². The summed E-state index contributed by atoms with van der Waals surface area (Å²) in [6.45, 7) is 2.25. The van der Waals surface area contributed by atoms with Gasteiger partial charge < -0.3 is 10.4 Å². The maximum atomic E-state index is 13.1. The van der Waals surface area contributed by atoms with Crippen molar-refractivity contribution in [2.24, 2.45) is 0 Å². The SMILES string of the molecule is O=C(O)[C@@H]1CN(Cc2ccc(C3(C(F)(F)F)CC3)cc2)CCN1. The van der Waals surface area contributed by atoms with Crippen LogP contribution >= 0.6 is 0 Å². The van der Waals surface area contributed by atoms with Gasteiger partial charge in [-0.15, -0.1) is 0 Å². The Morgan fingerprint density at radius 2 is 1.96 bits per heavy atom. The number of rotatable bonds is 4. The van der Waals surface area contributed by atoms with E-state index >= 15 is 0 Å². The fraction of sp³-hybridized carbons (Fsp3) is 0.562. The van der Waals surface area contributed by atoms with Gasteiger partial charge in [-0.1, -0.05) is 24.3 Å². The zero-order chi connectivity index (χ0) is 16.7. The monoisotopic (exact) mass is 328 g/mol. The lowest BCUT2D eigenvalue weighted by molar-refractivity contribution is -0.160. The summed E-state index contributed by atoms with van der Waals surface area (Å²) in [5.74, 6) is -0.883. The van der Waals surface area contributed by atoms with E-state index in [1.807, 2.05) is 4.90 Å². The molecule has 23 heavy (non-hydrogen) atoms. The van der Waals surface area contributed by atoms with Gasteiger partial charge in [0.15, 0.2) is 0 Å². The smallest absolute Gasteiger partial charge is 0.398 e. The van der Waals surface area contributed by atoms with Crippen molar-refractivity contribution >= 4 is 5.97 Å². The molecule has 0 bridgehead atoms. The van der Waals surface area contributed by atoms with E-state index in [0.717, 1.165) is 12.1 Å². The van der Waals surface area contributed by atoms with Gasteiger partial charge in [0, 0.05) is 26.2 Å². The van der Waals surface area contributed by atoms with Gasteiger partial charge in [-0.25, -0.2) is 0 Å². The van der Waals surface area contributed by atoms with Gasteiger partial charge in [0.25, 0.3) is 0 Å². The highest BCUT2D eigenvalue weighted by molar-refractivity contribution is 5.73. The first-order chi connectivity index (χ1) is 10.8. The van der Waals surface area contributed by atoms with Gasteiger partial charge >= 0.3 is 12.1 Å². The molecule has 0 aromatic heterocycles. The summed E-state index contributed by atoms with van der Waals surface area (Å²) < 4.78 is 39.3. The molecule has 1 saturated carbocycles. The number of aliphatic carboxylic acids is 1. The van der Waals surface area contributed by atoms with E-state index in [4.69, 9.17) is 5.11 Å². The van der Waals surface area contributed by atoms with E-state index in [9.17, 15) is 18.0 Å². The molecule has 7 heteroatoms. The molecule has 1 aromatic carbocycles. The zero-order valence-corrected chi connectivity index (χ0v) is 12.6. The molecule has 126 valence electrons. The highest BCUT2D eigenvalue weighted by Gasteiger charge is 2.64. The first kappa shape index (κ1) is 16.3. The van der Waals surface area contributed by atoms with Crippen LogP contribution in [0.5, 0.6) is 0 Å². The highest BCUT2D eigenvalue weighted by Crippen LogP contribution is 2.58. The van der Waals surface area contributed by atoms with Crippen LogP contribution in [-0.4, -0.2) is 47.8 Å². The van der Waals surface area contributed by atoms with Crippen molar-refractivity contribution in [2.45, 2.75) is 37.0 Å². The predicted molar refractivity (Wildman–Crippen MR) is 78.1 cm³/mol. The Bertz CT molecular complexity index is 582. The van der Waals surface area contributed by atoms with E-state index in [-0.39, 0.29) is 12.8 Å². The average Bonchev–Trinajstić information content (AvgIpc) is 3.29. The molecule has 0 radical (unpaired) electrons. The summed E-state index contributed by atoms with van der Waals surface area (Å²) in [6.07, 6.45) is -3.87. The molecule has 2 fully saturated rings. The Balaban J connectivity index is 1.65. The molecular formula is C16H19F3N2O2. The van der Waals surface area contributed by atoms with Gasteiger partial charge in [-0.05, 0) is 24.0 Å². The van der Waals surface area contributed by atoms with Gasteiger partial charge in [0.1, 0.15) is 6.04 Å². The number of halogens is 3. The van der Waals surface area contributed by atoms with Crippen LogP contribution in [0.1, 0.15) is 24.0 Å². The second-order valence-electron chi connectivity index (χ2n) is 6.36. The van der Waals surface area contributed by atoms with Gasteiger partial charge in [0.05, 0.1) is 5.41 Å². The van der Waals surface area contributed by atoms with Crippen LogP contribution in [0.4, 0.5) is 13.2 Å². The molecule has 2 N–H and O–H groups in total. The second kappa shape index (κ2) is 5.79.